The predicted octanol–water partition coefficient (Wildman–Crippen LogP) is 4.52. The minimum Gasteiger partial charge on any atom is -0.343 e. The van der Waals surface area contributed by atoms with Gasteiger partial charge in [-0.15, -0.1) is 11.3 Å². The minimum atomic E-state index is -0.243. The summed E-state index contributed by atoms with van der Waals surface area (Å²) in [6.45, 7) is 1.88. The second-order valence-corrected chi connectivity index (χ2v) is 6.51. The Hall–Kier alpha value is -2.44. The Balaban J connectivity index is 1.87. The molecule has 0 fully saturated rings. The van der Waals surface area contributed by atoms with Crippen LogP contribution in [0.15, 0.2) is 48.1 Å². The number of aromatic nitrogens is 2. The van der Waals surface area contributed by atoms with Crippen LogP contribution in [-0.2, 0) is 0 Å². The molecule has 1 aromatic carbocycles. The molecule has 24 heavy (non-hydrogen) atoms. The lowest BCUT2D eigenvalue weighted by Crippen LogP contribution is -2.14. The Morgan fingerprint density at radius 1 is 1.29 bits per heavy atom. The minimum absolute atomic E-state index is 0.243. The number of carbonyl (C=O) groups is 1. The van der Waals surface area contributed by atoms with Crippen LogP contribution in [0.2, 0.25) is 5.02 Å². The Kier molecular flexibility index (Phi) is 4.78. The van der Waals surface area contributed by atoms with Crippen LogP contribution in [-0.4, -0.2) is 22.9 Å². The van der Waals surface area contributed by atoms with Gasteiger partial charge in [-0.05, 0) is 37.3 Å². The van der Waals surface area contributed by atoms with Gasteiger partial charge in [0.2, 0.25) is 0 Å². The molecule has 7 heteroatoms. The van der Waals surface area contributed by atoms with Crippen molar-refractivity contribution in [1.82, 2.24) is 9.97 Å². The summed E-state index contributed by atoms with van der Waals surface area (Å²) in [5.41, 5.74) is 3.05. The van der Waals surface area contributed by atoms with Gasteiger partial charge < -0.3 is 4.90 Å². The summed E-state index contributed by atoms with van der Waals surface area (Å²) in [5.74, 6) is -0.243. The van der Waals surface area contributed by atoms with Crippen LogP contribution in [0.4, 0.5) is 16.5 Å². The van der Waals surface area contributed by atoms with E-state index in [1.807, 2.05) is 36.4 Å². The summed E-state index contributed by atoms with van der Waals surface area (Å²) >= 11 is 7.59. The van der Waals surface area contributed by atoms with Gasteiger partial charge in [0.05, 0.1) is 17.6 Å². The molecule has 0 aliphatic heterocycles. The van der Waals surface area contributed by atoms with Gasteiger partial charge in [0, 0.05) is 34.9 Å². The van der Waals surface area contributed by atoms with Crippen LogP contribution in [0.3, 0.4) is 0 Å². The Labute approximate surface area is 148 Å². The summed E-state index contributed by atoms with van der Waals surface area (Å²) in [6.07, 6.45) is 3.46. The molecule has 0 aliphatic carbocycles. The van der Waals surface area contributed by atoms with E-state index >= 15 is 0 Å². The van der Waals surface area contributed by atoms with Crippen molar-refractivity contribution < 1.29 is 4.79 Å². The zero-order chi connectivity index (χ0) is 17.1. The molecular formula is C17H15ClN4OS. The van der Waals surface area contributed by atoms with Gasteiger partial charge in [-0.3, -0.25) is 15.1 Å². The number of nitrogens with zero attached hydrogens (tertiary/aromatic N) is 3. The Bertz CT molecular complexity index is 866. The summed E-state index contributed by atoms with van der Waals surface area (Å²) < 4.78 is 0. The topological polar surface area (TPSA) is 58.1 Å². The van der Waals surface area contributed by atoms with E-state index in [2.05, 4.69) is 15.3 Å². The third-order valence-corrected chi connectivity index (χ3v) is 4.50. The van der Waals surface area contributed by atoms with Gasteiger partial charge in [0.15, 0.2) is 5.13 Å². The van der Waals surface area contributed by atoms with Crippen molar-refractivity contribution in [2.75, 3.05) is 17.3 Å². The van der Waals surface area contributed by atoms with E-state index in [0.717, 1.165) is 17.1 Å². The van der Waals surface area contributed by atoms with Crippen LogP contribution in [0.5, 0.6) is 0 Å². The van der Waals surface area contributed by atoms with Crippen LogP contribution in [0.25, 0.3) is 0 Å². The predicted molar refractivity (Wildman–Crippen MR) is 98.6 cm³/mol. The Morgan fingerprint density at radius 2 is 2.12 bits per heavy atom. The maximum Gasteiger partial charge on any atom is 0.257 e. The van der Waals surface area contributed by atoms with Gasteiger partial charge >= 0.3 is 0 Å². The van der Waals surface area contributed by atoms with Gasteiger partial charge in [0.1, 0.15) is 0 Å². The van der Waals surface area contributed by atoms with Crippen LogP contribution < -0.4 is 10.2 Å². The standard InChI is InChI=1S/C17H15ClN4OS/c1-11-10-24-17(20-11)21-16(23)12-6-13(18)8-15(7-12)22(2)14-4-3-5-19-9-14/h3-10H,1-2H3,(H,20,21,23). The molecular weight excluding hydrogens is 344 g/mol. The number of carbonyl (C=O) groups excluding carboxylic acids is 1. The fourth-order valence-electron chi connectivity index (χ4n) is 2.18. The van der Waals surface area contributed by atoms with Gasteiger partial charge in [-0.1, -0.05) is 11.6 Å². The molecule has 0 saturated carbocycles. The molecule has 0 saturated heterocycles. The van der Waals surface area contributed by atoms with Crippen LogP contribution in [0, 0.1) is 6.92 Å². The average molecular weight is 359 g/mol. The highest BCUT2D eigenvalue weighted by Gasteiger charge is 2.13. The second kappa shape index (κ2) is 6.98. The lowest BCUT2D eigenvalue weighted by atomic mass is 10.1. The lowest BCUT2D eigenvalue weighted by molar-refractivity contribution is 0.102. The van der Waals surface area contributed by atoms with Gasteiger partial charge in [0.25, 0.3) is 5.91 Å². The summed E-state index contributed by atoms with van der Waals surface area (Å²) in [7, 11) is 1.90. The SMILES string of the molecule is Cc1csc(NC(=O)c2cc(Cl)cc(N(C)c3cccnc3)c2)n1. The quantitative estimate of drug-likeness (QED) is 0.744. The van der Waals surface area contributed by atoms with Gasteiger partial charge in [-0.2, -0.15) is 0 Å². The zero-order valence-corrected chi connectivity index (χ0v) is 14.7. The molecule has 0 unspecified atom stereocenters. The maximum absolute atomic E-state index is 12.5. The fourth-order valence-corrected chi connectivity index (χ4v) is 3.09. The number of rotatable bonds is 4. The molecule has 0 radical (unpaired) electrons. The number of hydrogen-bond acceptors (Lipinski definition) is 5. The van der Waals surface area contributed by atoms with E-state index in [0.29, 0.717) is 15.7 Å². The number of halogens is 1. The molecule has 5 nitrogen and oxygen atoms in total. The molecule has 0 bridgehead atoms. The molecule has 0 spiro atoms. The number of amides is 1. The molecule has 3 aromatic rings. The van der Waals surface area contributed by atoms with E-state index in [1.54, 1.807) is 30.6 Å². The monoisotopic (exact) mass is 358 g/mol. The number of nitrogens with one attached hydrogen (secondary N) is 1. The van der Waals surface area contributed by atoms with Crippen molar-refractivity contribution >= 4 is 45.4 Å². The number of thiazole rings is 1. The Morgan fingerprint density at radius 3 is 2.79 bits per heavy atom. The van der Waals surface area contributed by atoms with E-state index in [4.69, 9.17) is 11.6 Å². The third-order valence-electron chi connectivity index (χ3n) is 3.40. The molecule has 122 valence electrons. The fraction of sp³-hybridized carbons (Fsp3) is 0.118. The summed E-state index contributed by atoms with van der Waals surface area (Å²) in [6, 6.07) is 9.02. The summed E-state index contributed by atoms with van der Waals surface area (Å²) in [4.78, 5) is 22.7. The van der Waals surface area contributed by atoms with Crippen LogP contribution >= 0.6 is 22.9 Å². The highest BCUT2D eigenvalue weighted by Crippen LogP contribution is 2.27. The van der Waals surface area contributed by atoms with E-state index in [1.165, 1.54) is 11.3 Å². The molecule has 2 heterocycles. The largest absolute Gasteiger partial charge is 0.343 e. The number of hydrogen-bond donors (Lipinski definition) is 1. The second-order valence-electron chi connectivity index (χ2n) is 5.22. The number of benzene rings is 1. The van der Waals surface area contributed by atoms with Crippen molar-refractivity contribution in [2.45, 2.75) is 6.92 Å². The lowest BCUT2D eigenvalue weighted by Gasteiger charge is -2.20. The molecule has 1 N–H and O–H groups in total. The van der Waals surface area contributed by atoms with Crippen molar-refractivity contribution in [3.63, 3.8) is 0 Å². The van der Waals surface area contributed by atoms with Crippen molar-refractivity contribution in [2.24, 2.45) is 0 Å². The average Bonchev–Trinajstić information content (AvgIpc) is 2.99. The molecule has 3 rings (SSSR count). The smallest absolute Gasteiger partial charge is 0.257 e. The number of pyridine rings is 1. The first kappa shape index (κ1) is 16.4. The third kappa shape index (κ3) is 3.72. The van der Waals surface area contributed by atoms with Crippen molar-refractivity contribution in [1.29, 1.82) is 0 Å². The van der Waals surface area contributed by atoms with E-state index in [-0.39, 0.29) is 5.91 Å². The first-order chi connectivity index (χ1) is 11.5. The van der Waals surface area contributed by atoms with E-state index < -0.39 is 0 Å². The first-order valence-electron chi connectivity index (χ1n) is 7.21. The molecule has 1 amide bonds. The highest BCUT2D eigenvalue weighted by atomic mass is 35.5. The normalized spacial score (nSPS) is 10.5. The van der Waals surface area contributed by atoms with Gasteiger partial charge in [-0.25, -0.2) is 4.98 Å². The molecule has 0 aliphatic rings. The molecule has 2 aromatic heterocycles. The van der Waals surface area contributed by atoms with E-state index in [9.17, 15) is 4.79 Å². The van der Waals surface area contributed by atoms with Crippen molar-refractivity contribution in [3.8, 4) is 0 Å². The van der Waals surface area contributed by atoms with Crippen molar-refractivity contribution in [3.05, 3.63) is 64.4 Å². The van der Waals surface area contributed by atoms with Crippen LogP contribution in [0.1, 0.15) is 16.1 Å². The summed E-state index contributed by atoms with van der Waals surface area (Å²) in [5, 5.41) is 5.73. The number of aryl methyl sites for hydroxylation is 1. The highest BCUT2D eigenvalue weighted by molar-refractivity contribution is 7.13. The maximum atomic E-state index is 12.5. The number of anilines is 3. The first-order valence-corrected chi connectivity index (χ1v) is 8.46. The molecule has 0 atom stereocenters. The zero-order valence-electron chi connectivity index (χ0n) is 13.2.